The van der Waals surface area contributed by atoms with E-state index in [4.69, 9.17) is 10.00 Å². The van der Waals surface area contributed by atoms with Gasteiger partial charge in [0.05, 0.1) is 18.6 Å². The van der Waals surface area contributed by atoms with Crippen LogP contribution in [-0.2, 0) is 4.74 Å². The Morgan fingerprint density at radius 1 is 1.62 bits per heavy atom. The first-order valence-corrected chi connectivity index (χ1v) is 2.91. The van der Waals surface area contributed by atoms with Crippen molar-refractivity contribution in [3.63, 3.8) is 0 Å². The molecular weight excluding hydrogens is 102 g/mol. The van der Waals surface area contributed by atoms with Crippen molar-refractivity contribution < 1.29 is 4.74 Å². The Hall–Kier alpha value is -0.550. The number of nitriles is 1. The van der Waals surface area contributed by atoms with Crippen LogP contribution in [0.15, 0.2) is 0 Å². The molecule has 0 N–H and O–H groups in total. The van der Waals surface area contributed by atoms with E-state index in [9.17, 15) is 0 Å². The lowest BCUT2D eigenvalue weighted by Gasteiger charge is -2.14. The first-order chi connectivity index (χ1) is 3.93. The lowest BCUT2D eigenvalue weighted by Crippen LogP contribution is -2.14. The van der Waals surface area contributed by atoms with E-state index in [0.717, 1.165) is 19.4 Å². The van der Waals surface area contributed by atoms with Crippen LogP contribution in [0.5, 0.6) is 0 Å². The Morgan fingerprint density at radius 3 is 2.88 bits per heavy atom. The Balaban J connectivity index is 2.25. The topological polar surface area (TPSA) is 33.0 Å². The summed E-state index contributed by atoms with van der Waals surface area (Å²) in [6.45, 7) is 1.49. The monoisotopic (exact) mass is 111 g/mol. The Morgan fingerprint density at radius 2 is 2.50 bits per heavy atom. The fraction of sp³-hybridized carbons (Fsp3) is 0.833. The third kappa shape index (κ3) is 1.21. The van der Waals surface area contributed by atoms with Crippen molar-refractivity contribution in [2.75, 3.05) is 13.2 Å². The Bertz CT molecular complexity index is 99.6. The van der Waals surface area contributed by atoms with Gasteiger partial charge in [-0.15, -0.1) is 0 Å². The molecule has 0 bridgehead atoms. The molecule has 0 aromatic carbocycles. The number of hydrogen-bond donors (Lipinski definition) is 0. The normalized spacial score (nSPS) is 29.1. The Kier molecular flexibility index (Phi) is 1.87. The van der Waals surface area contributed by atoms with Gasteiger partial charge in [0, 0.05) is 6.61 Å². The van der Waals surface area contributed by atoms with E-state index in [0.29, 0.717) is 6.61 Å². The van der Waals surface area contributed by atoms with Crippen LogP contribution in [0, 0.1) is 17.2 Å². The molecule has 2 heteroatoms. The molecule has 0 saturated carbocycles. The van der Waals surface area contributed by atoms with Crippen molar-refractivity contribution in [2.45, 2.75) is 12.8 Å². The average Bonchev–Trinajstić information content (AvgIpc) is 1.90. The summed E-state index contributed by atoms with van der Waals surface area (Å²) >= 11 is 0. The molecule has 1 aliphatic rings. The minimum absolute atomic E-state index is 0.170. The largest absolute Gasteiger partial charge is 0.380 e. The first-order valence-electron chi connectivity index (χ1n) is 2.91. The Labute approximate surface area is 49.1 Å². The second-order valence-corrected chi connectivity index (χ2v) is 2.04. The maximum atomic E-state index is 8.36. The lowest BCUT2D eigenvalue weighted by molar-refractivity contribution is 0.0733. The summed E-state index contributed by atoms with van der Waals surface area (Å²) in [5.41, 5.74) is 0. The van der Waals surface area contributed by atoms with Gasteiger partial charge in [0.25, 0.3) is 0 Å². The minimum Gasteiger partial charge on any atom is -0.380 e. The molecule has 1 aliphatic heterocycles. The molecule has 1 heterocycles. The number of ether oxygens (including phenoxy) is 1. The van der Waals surface area contributed by atoms with E-state index in [1.54, 1.807) is 0 Å². The summed E-state index contributed by atoms with van der Waals surface area (Å²) in [5.74, 6) is 0.170. The van der Waals surface area contributed by atoms with E-state index >= 15 is 0 Å². The highest BCUT2D eigenvalue weighted by molar-refractivity contribution is 4.83. The third-order valence-electron chi connectivity index (χ3n) is 1.34. The van der Waals surface area contributed by atoms with Crippen molar-refractivity contribution >= 4 is 0 Å². The van der Waals surface area contributed by atoms with Gasteiger partial charge < -0.3 is 4.74 Å². The van der Waals surface area contributed by atoms with E-state index in [1.807, 2.05) is 0 Å². The van der Waals surface area contributed by atoms with Gasteiger partial charge in [0.1, 0.15) is 0 Å². The fourth-order valence-corrected chi connectivity index (χ4v) is 0.843. The molecule has 0 aliphatic carbocycles. The van der Waals surface area contributed by atoms with Gasteiger partial charge in [-0.25, -0.2) is 0 Å². The van der Waals surface area contributed by atoms with Crippen molar-refractivity contribution in [3.8, 4) is 6.07 Å². The zero-order chi connectivity index (χ0) is 5.82. The first kappa shape index (κ1) is 5.58. The summed E-state index contributed by atoms with van der Waals surface area (Å²) in [6.07, 6.45) is 2.08. The zero-order valence-electron chi connectivity index (χ0n) is 4.76. The average molecular weight is 111 g/mol. The molecule has 1 rings (SSSR count). The predicted octanol–water partition coefficient (Wildman–Crippen LogP) is 0.937. The van der Waals surface area contributed by atoms with E-state index in [1.165, 1.54) is 0 Å². The van der Waals surface area contributed by atoms with Gasteiger partial charge >= 0.3 is 0 Å². The molecule has 8 heavy (non-hydrogen) atoms. The number of rotatable bonds is 0. The second-order valence-electron chi connectivity index (χ2n) is 2.04. The molecule has 0 amide bonds. The van der Waals surface area contributed by atoms with Gasteiger partial charge in [-0.1, -0.05) is 0 Å². The maximum absolute atomic E-state index is 8.36. The van der Waals surface area contributed by atoms with Gasteiger partial charge in [0.2, 0.25) is 0 Å². The van der Waals surface area contributed by atoms with Crippen LogP contribution < -0.4 is 0 Å². The maximum Gasteiger partial charge on any atom is 0.0698 e. The highest BCUT2D eigenvalue weighted by Crippen LogP contribution is 2.10. The van der Waals surface area contributed by atoms with Gasteiger partial charge in [-0.3, -0.25) is 0 Å². The highest BCUT2D eigenvalue weighted by atomic mass is 16.5. The van der Waals surface area contributed by atoms with Crippen LogP contribution >= 0.6 is 0 Å². The number of nitrogens with zero attached hydrogens (tertiary/aromatic N) is 1. The predicted molar refractivity (Wildman–Crippen MR) is 29.2 cm³/mol. The zero-order valence-corrected chi connectivity index (χ0v) is 4.76. The standard InChI is InChI=1S/C6H9NO/c7-4-6-2-1-3-8-5-6/h6H,1-3,5H2/t6-/m1/s1. The minimum atomic E-state index is 0.170. The van der Waals surface area contributed by atoms with E-state index in [-0.39, 0.29) is 5.92 Å². The molecule has 0 spiro atoms. The van der Waals surface area contributed by atoms with Crippen LogP contribution in [0.25, 0.3) is 0 Å². The molecule has 1 atom stereocenters. The third-order valence-corrected chi connectivity index (χ3v) is 1.34. The molecular formula is C6H9NO. The summed E-state index contributed by atoms with van der Waals surface area (Å²) in [7, 11) is 0. The smallest absolute Gasteiger partial charge is 0.0698 e. The van der Waals surface area contributed by atoms with Gasteiger partial charge in [-0.05, 0) is 12.8 Å². The summed E-state index contributed by atoms with van der Waals surface area (Å²) in [6, 6.07) is 2.18. The van der Waals surface area contributed by atoms with Crippen molar-refractivity contribution in [1.82, 2.24) is 0 Å². The van der Waals surface area contributed by atoms with Crippen LogP contribution in [0.2, 0.25) is 0 Å². The van der Waals surface area contributed by atoms with Crippen LogP contribution in [0.3, 0.4) is 0 Å². The molecule has 0 aromatic rings. The summed E-state index contributed by atoms with van der Waals surface area (Å²) < 4.78 is 5.05. The van der Waals surface area contributed by atoms with Gasteiger partial charge in [-0.2, -0.15) is 5.26 Å². The van der Waals surface area contributed by atoms with Crippen molar-refractivity contribution in [3.05, 3.63) is 0 Å². The SMILES string of the molecule is N#C[C@H]1CCCOC1. The second kappa shape index (κ2) is 2.68. The molecule has 1 saturated heterocycles. The van der Waals surface area contributed by atoms with Crippen molar-refractivity contribution in [2.24, 2.45) is 5.92 Å². The molecule has 2 nitrogen and oxygen atoms in total. The van der Waals surface area contributed by atoms with Crippen LogP contribution in [0.4, 0.5) is 0 Å². The summed E-state index contributed by atoms with van der Waals surface area (Å²) in [5, 5.41) is 8.36. The molecule has 1 fully saturated rings. The van der Waals surface area contributed by atoms with E-state index in [2.05, 4.69) is 6.07 Å². The molecule has 0 unspecified atom stereocenters. The highest BCUT2D eigenvalue weighted by Gasteiger charge is 2.11. The molecule has 0 aromatic heterocycles. The van der Waals surface area contributed by atoms with Gasteiger partial charge in [0.15, 0.2) is 0 Å². The molecule has 44 valence electrons. The van der Waals surface area contributed by atoms with E-state index < -0.39 is 0 Å². The lowest BCUT2D eigenvalue weighted by atomic mass is 10.1. The quantitative estimate of drug-likeness (QED) is 0.466. The molecule has 0 radical (unpaired) electrons. The van der Waals surface area contributed by atoms with Crippen molar-refractivity contribution in [1.29, 1.82) is 5.26 Å². The summed E-state index contributed by atoms with van der Waals surface area (Å²) in [4.78, 5) is 0. The van der Waals surface area contributed by atoms with Crippen LogP contribution in [-0.4, -0.2) is 13.2 Å². The van der Waals surface area contributed by atoms with Crippen LogP contribution in [0.1, 0.15) is 12.8 Å². The fourth-order valence-electron chi connectivity index (χ4n) is 0.843. The number of hydrogen-bond acceptors (Lipinski definition) is 2.